The number of benzene rings is 2. The van der Waals surface area contributed by atoms with Crippen LogP contribution in [-0.4, -0.2) is 41.9 Å². The van der Waals surface area contributed by atoms with E-state index in [1.807, 2.05) is 6.92 Å². The van der Waals surface area contributed by atoms with Gasteiger partial charge in [-0.1, -0.05) is 23.7 Å². The number of methoxy groups -OCH3 is 1. The van der Waals surface area contributed by atoms with Crippen LogP contribution in [-0.2, 0) is 27.5 Å². The minimum atomic E-state index is -0.723. The number of fused-ring (bicyclic) bond motifs is 1. The van der Waals surface area contributed by atoms with Crippen LogP contribution >= 0.6 is 11.6 Å². The van der Waals surface area contributed by atoms with Gasteiger partial charge >= 0.3 is 6.09 Å². The minimum Gasteiger partial charge on any atom is -0.496 e. The van der Waals surface area contributed by atoms with Crippen LogP contribution in [0.15, 0.2) is 30.3 Å². The van der Waals surface area contributed by atoms with Crippen molar-refractivity contribution in [2.45, 2.75) is 39.0 Å². The molecule has 10 heteroatoms. The number of imide groups is 1. The molecule has 0 bridgehead atoms. The van der Waals surface area contributed by atoms with Gasteiger partial charge in [0, 0.05) is 33.8 Å². The van der Waals surface area contributed by atoms with Crippen LogP contribution in [0.5, 0.6) is 5.75 Å². The molecule has 0 spiro atoms. The number of ether oxygens (including phenoxy) is 2. The van der Waals surface area contributed by atoms with Crippen molar-refractivity contribution >= 4 is 41.1 Å². The maximum Gasteiger partial charge on any atom is 0.411 e. The Hall–Kier alpha value is -3.59. The number of nitrogens with zero attached hydrogens (tertiary/aromatic N) is 1. The van der Waals surface area contributed by atoms with E-state index in [1.54, 1.807) is 30.3 Å². The van der Waals surface area contributed by atoms with Gasteiger partial charge < -0.3 is 14.4 Å². The van der Waals surface area contributed by atoms with E-state index in [0.29, 0.717) is 33.1 Å². The first kappa shape index (κ1) is 22.6. The second-order valence-electron chi connectivity index (χ2n) is 7.85. The Balaban J connectivity index is 1.47. The van der Waals surface area contributed by atoms with E-state index < -0.39 is 18.0 Å². The SMILES string of the molecule is COc1c(COC(=O)Nc2ccc(C)c(Cl)c2)ccc2c1CN(C1CCC(=O)NC1=O)C2=O. The normalized spacial score (nSPS) is 17.5. The maximum atomic E-state index is 12.9. The number of hydrogen-bond acceptors (Lipinski definition) is 6. The molecule has 2 aliphatic heterocycles. The van der Waals surface area contributed by atoms with Gasteiger partial charge in [0.2, 0.25) is 11.8 Å². The number of halogens is 1. The maximum absolute atomic E-state index is 12.9. The third-order valence-electron chi connectivity index (χ3n) is 5.73. The summed E-state index contributed by atoms with van der Waals surface area (Å²) in [6, 6.07) is 7.69. The van der Waals surface area contributed by atoms with Gasteiger partial charge in [0.1, 0.15) is 18.4 Å². The first-order valence-electron chi connectivity index (χ1n) is 10.3. The van der Waals surface area contributed by atoms with E-state index in [2.05, 4.69) is 10.6 Å². The van der Waals surface area contributed by atoms with Crippen LogP contribution < -0.4 is 15.4 Å². The average molecular weight is 472 g/mol. The predicted molar refractivity (Wildman–Crippen MR) is 119 cm³/mol. The molecule has 4 amide bonds. The van der Waals surface area contributed by atoms with Crippen LogP contribution in [0.1, 0.15) is 39.9 Å². The lowest BCUT2D eigenvalue weighted by molar-refractivity contribution is -0.136. The van der Waals surface area contributed by atoms with E-state index in [9.17, 15) is 19.2 Å². The highest BCUT2D eigenvalue weighted by Gasteiger charge is 2.40. The largest absolute Gasteiger partial charge is 0.496 e. The van der Waals surface area contributed by atoms with Crippen molar-refractivity contribution in [3.63, 3.8) is 0 Å². The number of rotatable bonds is 5. The first-order chi connectivity index (χ1) is 15.8. The Morgan fingerprint density at radius 2 is 2.03 bits per heavy atom. The van der Waals surface area contributed by atoms with Crippen molar-refractivity contribution in [3.8, 4) is 5.75 Å². The minimum absolute atomic E-state index is 0.0888. The zero-order valence-electron chi connectivity index (χ0n) is 18.1. The Morgan fingerprint density at radius 3 is 2.73 bits per heavy atom. The van der Waals surface area contributed by atoms with Crippen LogP contribution in [0.4, 0.5) is 10.5 Å². The molecule has 1 saturated heterocycles. The Labute approximate surface area is 195 Å². The van der Waals surface area contributed by atoms with Gasteiger partial charge in [0.05, 0.1) is 13.7 Å². The monoisotopic (exact) mass is 471 g/mol. The van der Waals surface area contributed by atoms with E-state index in [-0.39, 0.29) is 37.8 Å². The lowest BCUT2D eigenvalue weighted by atomic mass is 10.0. The smallest absolute Gasteiger partial charge is 0.411 e. The molecule has 0 saturated carbocycles. The summed E-state index contributed by atoms with van der Waals surface area (Å²) in [5.41, 5.74) is 2.99. The van der Waals surface area contributed by atoms with Gasteiger partial charge in [-0.05, 0) is 37.1 Å². The first-order valence-corrected chi connectivity index (χ1v) is 10.7. The Morgan fingerprint density at radius 1 is 1.24 bits per heavy atom. The Kier molecular flexibility index (Phi) is 6.24. The molecule has 0 aromatic heterocycles. The highest BCUT2D eigenvalue weighted by atomic mass is 35.5. The summed E-state index contributed by atoms with van der Waals surface area (Å²) in [6.07, 6.45) is -0.223. The average Bonchev–Trinajstić information content (AvgIpc) is 3.10. The molecule has 1 atom stereocenters. The van der Waals surface area contributed by atoms with Crippen molar-refractivity contribution in [2.75, 3.05) is 12.4 Å². The molecule has 0 radical (unpaired) electrons. The number of carbonyl (C=O) groups excluding carboxylic acids is 4. The number of nitrogens with one attached hydrogen (secondary N) is 2. The summed E-state index contributed by atoms with van der Waals surface area (Å²) in [4.78, 5) is 50.3. The van der Waals surface area contributed by atoms with Crippen molar-refractivity contribution in [1.82, 2.24) is 10.2 Å². The molecule has 9 nitrogen and oxygen atoms in total. The number of anilines is 1. The van der Waals surface area contributed by atoms with Crippen LogP contribution in [0.25, 0.3) is 0 Å². The lowest BCUT2D eigenvalue weighted by Gasteiger charge is -2.29. The summed E-state index contributed by atoms with van der Waals surface area (Å²) >= 11 is 6.08. The molecule has 172 valence electrons. The van der Waals surface area contributed by atoms with Crippen molar-refractivity contribution in [1.29, 1.82) is 0 Å². The van der Waals surface area contributed by atoms with E-state index in [1.165, 1.54) is 12.0 Å². The molecule has 4 rings (SSSR count). The fourth-order valence-electron chi connectivity index (χ4n) is 4.00. The third-order valence-corrected chi connectivity index (χ3v) is 6.14. The third kappa shape index (κ3) is 4.49. The zero-order valence-corrected chi connectivity index (χ0v) is 18.8. The summed E-state index contributed by atoms with van der Waals surface area (Å²) in [6.45, 7) is 1.93. The second kappa shape index (κ2) is 9.11. The molecule has 2 N–H and O–H groups in total. The van der Waals surface area contributed by atoms with Crippen LogP contribution in [0.3, 0.4) is 0 Å². The molecule has 33 heavy (non-hydrogen) atoms. The predicted octanol–water partition coefficient (Wildman–Crippen LogP) is 3.17. The molecule has 1 unspecified atom stereocenters. The van der Waals surface area contributed by atoms with Gasteiger partial charge in [-0.3, -0.25) is 25.0 Å². The number of hydrogen-bond donors (Lipinski definition) is 2. The molecular weight excluding hydrogens is 450 g/mol. The molecule has 2 heterocycles. The number of piperidine rings is 1. The fourth-order valence-corrected chi connectivity index (χ4v) is 4.18. The molecule has 2 aromatic carbocycles. The molecule has 2 aromatic rings. The summed E-state index contributed by atoms with van der Waals surface area (Å²) in [7, 11) is 1.46. The summed E-state index contributed by atoms with van der Waals surface area (Å²) in [5, 5.41) is 5.42. The molecular formula is C23H22ClN3O6. The summed E-state index contributed by atoms with van der Waals surface area (Å²) < 4.78 is 10.9. The standard InChI is InChI=1S/C23H22ClN3O6/c1-12-3-5-14(9-17(12)24)25-23(31)33-11-13-4-6-15-16(20(13)32-2)10-27(22(15)30)18-7-8-19(28)26-21(18)29/h3-6,9,18H,7-8,10-11H2,1-2H3,(H,25,31)(H,26,28,29). The topological polar surface area (TPSA) is 114 Å². The molecule has 2 aliphatic rings. The summed E-state index contributed by atoms with van der Waals surface area (Å²) in [5.74, 6) is -0.715. The number of carbonyl (C=O) groups is 4. The van der Waals surface area contributed by atoms with Gasteiger partial charge in [-0.15, -0.1) is 0 Å². The van der Waals surface area contributed by atoms with Gasteiger partial charge in [-0.2, -0.15) is 0 Å². The van der Waals surface area contributed by atoms with Crippen molar-refractivity contribution in [3.05, 3.63) is 57.6 Å². The van der Waals surface area contributed by atoms with E-state index in [4.69, 9.17) is 21.1 Å². The van der Waals surface area contributed by atoms with Crippen LogP contribution in [0.2, 0.25) is 5.02 Å². The number of aryl methyl sites for hydroxylation is 1. The highest BCUT2D eigenvalue weighted by molar-refractivity contribution is 6.31. The number of amides is 4. The van der Waals surface area contributed by atoms with Crippen LogP contribution in [0, 0.1) is 6.92 Å². The molecule has 1 fully saturated rings. The van der Waals surface area contributed by atoms with E-state index in [0.717, 1.165) is 5.56 Å². The van der Waals surface area contributed by atoms with E-state index >= 15 is 0 Å². The quantitative estimate of drug-likeness (QED) is 0.647. The van der Waals surface area contributed by atoms with Gasteiger partial charge in [0.15, 0.2) is 0 Å². The molecule has 0 aliphatic carbocycles. The Bertz CT molecular complexity index is 1170. The fraction of sp³-hybridized carbons (Fsp3) is 0.304. The van der Waals surface area contributed by atoms with Crippen molar-refractivity contribution < 1.29 is 28.7 Å². The lowest BCUT2D eigenvalue weighted by Crippen LogP contribution is -2.52. The van der Waals surface area contributed by atoms with Crippen molar-refractivity contribution in [2.24, 2.45) is 0 Å². The van der Waals surface area contributed by atoms with Gasteiger partial charge in [-0.25, -0.2) is 4.79 Å². The highest BCUT2D eigenvalue weighted by Crippen LogP contribution is 2.36. The second-order valence-corrected chi connectivity index (χ2v) is 8.26. The zero-order chi connectivity index (χ0) is 23.7. The van der Waals surface area contributed by atoms with Gasteiger partial charge in [0.25, 0.3) is 5.91 Å².